The van der Waals surface area contributed by atoms with Crippen LogP contribution in [0, 0.1) is 6.92 Å². The maximum Gasteiger partial charge on any atom is 0.139 e. The molecule has 2 heterocycles. The van der Waals surface area contributed by atoms with E-state index in [0.29, 0.717) is 12.8 Å². The van der Waals surface area contributed by atoms with Crippen LogP contribution in [0.5, 0.6) is 0 Å². The maximum atomic E-state index is 11.9. The van der Waals surface area contributed by atoms with Crippen molar-refractivity contribution in [2.45, 2.75) is 26.2 Å². The minimum Gasteiger partial charge on any atom is -0.299 e. The van der Waals surface area contributed by atoms with Crippen LogP contribution in [0.15, 0.2) is 30.6 Å². The van der Waals surface area contributed by atoms with E-state index in [9.17, 15) is 4.79 Å². The van der Waals surface area contributed by atoms with Gasteiger partial charge in [0.1, 0.15) is 5.78 Å². The van der Waals surface area contributed by atoms with E-state index in [-0.39, 0.29) is 5.78 Å². The van der Waals surface area contributed by atoms with Gasteiger partial charge >= 0.3 is 0 Å². The lowest BCUT2D eigenvalue weighted by Gasteiger charge is -2.02. The standard InChI is InChI=1S/C14H17N3O/c1-11-8-13(17(2)16-11)9-14(18)6-5-12-4-3-7-15-10-12/h3-4,7-8,10H,5-6,9H2,1-2H3. The molecular formula is C14H17N3O. The second-order valence-corrected chi connectivity index (χ2v) is 4.48. The highest BCUT2D eigenvalue weighted by molar-refractivity contribution is 5.80. The molecule has 0 N–H and O–H groups in total. The van der Waals surface area contributed by atoms with Gasteiger partial charge in [0.2, 0.25) is 0 Å². The molecule has 0 aliphatic heterocycles. The summed E-state index contributed by atoms with van der Waals surface area (Å²) in [6, 6.07) is 5.85. The van der Waals surface area contributed by atoms with Gasteiger partial charge in [-0.2, -0.15) is 5.10 Å². The molecule has 0 radical (unpaired) electrons. The monoisotopic (exact) mass is 243 g/mol. The van der Waals surface area contributed by atoms with Crippen LogP contribution in [0.25, 0.3) is 0 Å². The lowest BCUT2D eigenvalue weighted by Crippen LogP contribution is -2.08. The third kappa shape index (κ3) is 3.26. The third-order valence-corrected chi connectivity index (χ3v) is 2.89. The number of aromatic nitrogens is 3. The Hall–Kier alpha value is -1.97. The molecule has 0 fully saturated rings. The molecule has 2 aromatic rings. The van der Waals surface area contributed by atoms with Crippen molar-refractivity contribution in [3.8, 4) is 0 Å². The summed E-state index contributed by atoms with van der Waals surface area (Å²) in [4.78, 5) is 15.9. The topological polar surface area (TPSA) is 47.8 Å². The average Bonchev–Trinajstić information content (AvgIpc) is 2.67. The normalized spacial score (nSPS) is 10.6. The Morgan fingerprint density at radius 1 is 1.44 bits per heavy atom. The molecule has 2 rings (SSSR count). The Labute approximate surface area is 107 Å². The summed E-state index contributed by atoms with van der Waals surface area (Å²) >= 11 is 0. The second kappa shape index (κ2) is 5.58. The van der Waals surface area contributed by atoms with Gasteiger partial charge in [0.25, 0.3) is 0 Å². The molecule has 0 saturated heterocycles. The van der Waals surface area contributed by atoms with E-state index in [1.807, 2.05) is 38.4 Å². The average molecular weight is 243 g/mol. The maximum absolute atomic E-state index is 11.9. The number of Topliss-reactive ketones (excluding diaryl/α,β-unsaturated/α-hetero) is 1. The number of aryl methyl sites for hydroxylation is 3. The van der Waals surface area contributed by atoms with Crippen LogP contribution in [-0.4, -0.2) is 20.5 Å². The molecule has 0 aliphatic rings. The number of hydrogen-bond acceptors (Lipinski definition) is 3. The Balaban J connectivity index is 1.88. The highest BCUT2D eigenvalue weighted by Gasteiger charge is 2.08. The van der Waals surface area contributed by atoms with Gasteiger partial charge in [-0.25, -0.2) is 0 Å². The van der Waals surface area contributed by atoms with E-state index >= 15 is 0 Å². The van der Waals surface area contributed by atoms with Crippen LogP contribution in [-0.2, 0) is 24.7 Å². The minimum atomic E-state index is 0.238. The Morgan fingerprint density at radius 3 is 2.89 bits per heavy atom. The fourth-order valence-electron chi connectivity index (χ4n) is 1.95. The predicted octanol–water partition coefficient (Wildman–Crippen LogP) is 1.87. The first-order valence-corrected chi connectivity index (χ1v) is 6.05. The van der Waals surface area contributed by atoms with Crippen molar-refractivity contribution in [3.05, 3.63) is 47.5 Å². The number of rotatable bonds is 5. The van der Waals surface area contributed by atoms with Crippen LogP contribution < -0.4 is 0 Å². The zero-order valence-electron chi connectivity index (χ0n) is 10.8. The van der Waals surface area contributed by atoms with Gasteiger partial charge in [-0.1, -0.05) is 6.07 Å². The second-order valence-electron chi connectivity index (χ2n) is 4.48. The van der Waals surface area contributed by atoms with E-state index in [4.69, 9.17) is 0 Å². The fourth-order valence-corrected chi connectivity index (χ4v) is 1.95. The lowest BCUT2D eigenvalue weighted by molar-refractivity contribution is -0.118. The predicted molar refractivity (Wildman–Crippen MR) is 69.2 cm³/mol. The molecule has 0 bridgehead atoms. The molecule has 0 spiro atoms. The molecule has 0 saturated carbocycles. The van der Waals surface area contributed by atoms with Gasteiger partial charge in [-0.15, -0.1) is 0 Å². The van der Waals surface area contributed by atoms with Gasteiger partial charge in [-0.05, 0) is 31.0 Å². The summed E-state index contributed by atoms with van der Waals surface area (Å²) in [5, 5.41) is 4.24. The Morgan fingerprint density at radius 2 is 2.28 bits per heavy atom. The van der Waals surface area contributed by atoms with E-state index in [1.54, 1.807) is 10.9 Å². The van der Waals surface area contributed by atoms with Gasteiger partial charge in [0.15, 0.2) is 0 Å². The van der Waals surface area contributed by atoms with Gasteiger partial charge in [-0.3, -0.25) is 14.5 Å². The van der Waals surface area contributed by atoms with E-state index in [1.165, 1.54) is 0 Å². The van der Waals surface area contributed by atoms with Crippen molar-refractivity contribution in [2.75, 3.05) is 0 Å². The zero-order chi connectivity index (χ0) is 13.0. The summed E-state index contributed by atoms with van der Waals surface area (Å²) in [6.07, 6.45) is 5.31. The van der Waals surface area contributed by atoms with Gasteiger partial charge < -0.3 is 0 Å². The van der Waals surface area contributed by atoms with Crippen molar-refractivity contribution in [2.24, 2.45) is 7.05 Å². The molecule has 2 aromatic heterocycles. The number of pyridine rings is 1. The third-order valence-electron chi connectivity index (χ3n) is 2.89. The smallest absolute Gasteiger partial charge is 0.139 e. The Kier molecular flexibility index (Phi) is 3.87. The number of ketones is 1. The van der Waals surface area contributed by atoms with Crippen molar-refractivity contribution in [1.82, 2.24) is 14.8 Å². The SMILES string of the molecule is Cc1cc(CC(=O)CCc2cccnc2)n(C)n1. The molecule has 18 heavy (non-hydrogen) atoms. The first kappa shape index (κ1) is 12.5. The number of nitrogens with zero attached hydrogens (tertiary/aromatic N) is 3. The first-order chi connectivity index (χ1) is 8.65. The number of carbonyl (C=O) groups is 1. The summed E-state index contributed by atoms with van der Waals surface area (Å²) in [5.41, 5.74) is 3.03. The number of hydrogen-bond donors (Lipinski definition) is 0. The summed E-state index contributed by atoms with van der Waals surface area (Å²) in [5.74, 6) is 0.238. The lowest BCUT2D eigenvalue weighted by atomic mass is 10.1. The van der Waals surface area contributed by atoms with Crippen molar-refractivity contribution in [3.63, 3.8) is 0 Å². The van der Waals surface area contributed by atoms with Crippen LogP contribution in [0.1, 0.15) is 23.4 Å². The molecule has 0 atom stereocenters. The molecule has 4 heteroatoms. The summed E-state index contributed by atoms with van der Waals surface area (Å²) in [7, 11) is 1.87. The number of carbonyl (C=O) groups excluding carboxylic acids is 1. The molecular weight excluding hydrogens is 226 g/mol. The van der Waals surface area contributed by atoms with E-state index in [2.05, 4.69) is 10.1 Å². The minimum absolute atomic E-state index is 0.238. The highest BCUT2D eigenvalue weighted by Crippen LogP contribution is 2.07. The van der Waals surface area contributed by atoms with Crippen LogP contribution in [0.4, 0.5) is 0 Å². The molecule has 94 valence electrons. The first-order valence-electron chi connectivity index (χ1n) is 6.05. The van der Waals surface area contributed by atoms with Gasteiger partial charge in [0, 0.05) is 38.0 Å². The van der Waals surface area contributed by atoms with Crippen LogP contribution >= 0.6 is 0 Å². The Bertz CT molecular complexity index is 531. The largest absolute Gasteiger partial charge is 0.299 e. The van der Waals surface area contributed by atoms with Gasteiger partial charge in [0.05, 0.1) is 5.69 Å². The van der Waals surface area contributed by atoms with Crippen molar-refractivity contribution in [1.29, 1.82) is 0 Å². The van der Waals surface area contributed by atoms with E-state index < -0.39 is 0 Å². The molecule has 4 nitrogen and oxygen atoms in total. The van der Waals surface area contributed by atoms with Crippen LogP contribution in [0.3, 0.4) is 0 Å². The van der Waals surface area contributed by atoms with Crippen LogP contribution in [0.2, 0.25) is 0 Å². The summed E-state index contributed by atoms with van der Waals surface area (Å²) in [6.45, 7) is 1.93. The fraction of sp³-hybridized carbons (Fsp3) is 0.357. The highest BCUT2D eigenvalue weighted by atomic mass is 16.1. The van der Waals surface area contributed by atoms with Crippen molar-refractivity contribution >= 4 is 5.78 Å². The summed E-state index contributed by atoms with van der Waals surface area (Å²) < 4.78 is 1.78. The zero-order valence-corrected chi connectivity index (χ0v) is 10.8. The molecule has 0 amide bonds. The molecule has 0 unspecified atom stereocenters. The quantitative estimate of drug-likeness (QED) is 0.805. The molecule has 0 aromatic carbocycles. The van der Waals surface area contributed by atoms with Crippen molar-refractivity contribution < 1.29 is 4.79 Å². The molecule has 0 aliphatic carbocycles. The van der Waals surface area contributed by atoms with E-state index in [0.717, 1.165) is 23.4 Å².